The maximum absolute atomic E-state index is 12.9. The molecule has 0 saturated carbocycles. The van der Waals surface area contributed by atoms with Crippen molar-refractivity contribution in [3.63, 3.8) is 0 Å². The van der Waals surface area contributed by atoms with Crippen molar-refractivity contribution in [2.24, 2.45) is 5.92 Å². The van der Waals surface area contributed by atoms with Gasteiger partial charge in [-0.05, 0) is 35.8 Å². The Bertz CT molecular complexity index is 696. The number of piperidine rings is 1. The van der Waals surface area contributed by atoms with Gasteiger partial charge in [-0.3, -0.25) is 4.79 Å². The first-order chi connectivity index (χ1) is 11.2. The lowest BCUT2D eigenvalue weighted by molar-refractivity contribution is -0.142. The molecule has 0 bridgehead atoms. The van der Waals surface area contributed by atoms with Gasteiger partial charge in [-0.25, -0.2) is 0 Å². The Morgan fingerprint density at radius 3 is 2.35 bits per heavy atom. The van der Waals surface area contributed by atoms with E-state index >= 15 is 0 Å². The molecule has 4 rings (SSSR count). The fourth-order valence-electron chi connectivity index (χ4n) is 4.70. The van der Waals surface area contributed by atoms with Crippen LogP contribution in [0.3, 0.4) is 0 Å². The molecule has 3 atom stereocenters. The molecule has 0 unspecified atom stereocenters. The first kappa shape index (κ1) is 14.5. The first-order valence-electron chi connectivity index (χ1n) is 8.63. The van der Waals surface area contributed by atoms with Crippen molar-refractivity contribution >= 4 is 5.91 Å². The van der Waals surface area contributed by atoms with Gasteiger partial charge in [0, 0.05) is 13.0 Å². The standard InChI is InChI=1S/C21H23NO/c1-16-12-13-22-20(23)14-18(17-8-4-2-5-9-17)15-21(16,22)19-10-6-3-7-11-19/h2-11,16,18H,12-15H2,1H3/t16-,18+,21-/m1/s1. The van der Waals surface area contributed by atoms with Gasteiger partial charge in [-0.2, -0.15) is 0 Å². The zero-order valence-corrected chi connectivity index (χ0v) is 13.6. The number of nitrogens with zero attached hydrogens (tertiary/aromatic N) is 1. The van der Waals surface area contributed by atoms with E-state index in [1.165, 1.54) is 11.1 Å². The summed E-state index contributed by atoms with van der Waals surface area (Å²) in [6, 6.07) is 21.2. The minimum absolute atomic E-state index is 0.128. The van der Waals surface area contributed by atoms with Crippen molar-refractivity contribution in [3.8, 4) is 0 Å². The van der Waals surface area contributed by atoms with Crippen LogP contribution in [-0.2, 0) is 10.3 Å². The number of hydrogen-bond acceptors (Lipinski definition) is 1. The summed E-state index contributed by atoms with van der Waals surface area (Å²) < 4.78 is 0. The molecule has 2 heteroatoms. The predicted octanol–water partition coefficient (Wildman–Crippen LogP) is 4.33. The molecule has 0 aliphatic carbocycles. The maximum Gasteiger partial charge on any atom is 0.223 e. The average Bonchev–Trinajstić information content (AvgIpc) is 2.95. The molecule has 2 saturated heterocycles. The van der Waals surface area contributed by atoms with E-state index in [2.05, 4.69) is 66.4 Å². The molecule has 2 nitrogen and oxygen atoms in total. The van der Waals surface area contributed by atoms with Crippen molar-refractivity contribution in [3.05, 3.63) is 71.8 Å². The molecule has 1 amide bonds. The molecule has 2 aromatic carbocycles. The number of carbonyl (C=O) groups is 1. The van der Waals surface area contributed by atoms with Gasteiger partial charge in [0.05, 0.1) is 5.54 Å². The SMILES string of the molecule is C[C@@H]1CCN2C(=O)C[C@H](c3ccccc3)C[C@]12c1ccccc1. The Balaban J connectivity index is 1.80. The summed E-state index contributed by atoms with van der Waals surface area (Å²) in [6.45, 7) is 3.21. The lowest BCUT2D eigenvalue weighted by Gasteiger charge is -2.48. The number of hydrogen-bond donors (Lipinski definition) is 0. The van der Waals surface area contributed by atoms with Crippen molar-refractivity contribution in [1.29, 1.82) is 0 Å². The fourth-order valence-corrected chi connectivity index (χ4v) is 4.70. The zero-order valence-electron chi connectivity index (χ0n) is 13.6. The minimum Gasteiger partial charge on any atom is -0.333 e. The van der Waals surface area contributed by atoms with Gasteiger partial charge in [0.15, 0.2) is 0 Å². The van der Waals surface area contributed by atoms with Crippen LogP contribution in [0.15, 0.2) is 60.7 Å². The molecule has 0 aromatic heterocycles. The maximum atomic E-state index is 12.9. The Morgan fingerprint density at radius 1 is 1.00 bits per heavy atom. The molecule has 0 radical (unpaired) electrons. The molecule has 0 N–H and O–H groups in total. The van der Waals surface area contributed by atoms with E-state index in [1.807, 2.05) is 6.07 Å². The van der Waals surface area contributed by atoms with Crippen LogP contribution in [-0.4, -0.2) is 17.4 Å². The predicted molar refractivity (Wildman–Crippen MR) is 92.0 cm³/mol. The van der Waals surface area contributed by atoms with Crippen LogP contribution < -0.4 is 0 Å². The molecule has 2 aliphatic heterocycles. The van der Waals surface area contributed by atoms with Crippen LogP contribution >= 0.6 is 0 Å². The number of rotatable bonds is 2. The topological polar surface area (TPSA) is 20.3 Å². The highest BCUT2D eigenvalue weighted by atomic mass is 16.2. The van der Waals surface area contributed by atoms with Crippen molar-refractivity contribution in [2.75, 3.05) is 6.54 Å². The minimum atomic E-state index is -0.128. The molecule has 2 aliphatic rings. The second kappa shape index (κ2) is 5.52. The second-order valence-corrected chi connectivity index (χ2v) is 7.04. The van der Waals surface area contributed by atoms with Crippen LogP contribution in [0, 0.1) is 5.92 Å². The van der Waals surface area contributed by atoms with E-state index in [0.717, 1.165) is 19.4 Å². The third kappa shape index (κ3) is 2.20. The van der Waals surface area contributed by atoms with Crippen LogP contribution in [0.25, 0.3) is 0 Å². The summed E-state index contributed by atoms with van der Waals surface area (Å²) in [5.74, 6) is 1.14. The number of carbonyl (C=O) groups excluding carboxylic acids is 1. The molecular formula is C21H23NO. The number of benzene rings is 2. The Morgan fingerprint density at radius 2 is 1.65 bits per heavy atom. The van der Waals surface area contributed by atoms with Gasteiger partial charge in [-0.1, -0.05) is 67.6 Å². The summed E-state index contributed by atoms with van der Waals surface area (Å²) >= 11 is 0. The molecule has 0 spiro atoms. The van der Waals surface area contributed by atoms with Crippen LogP contribution in [0.5, 0.6) is 0 Å². The summed E-state index contributed by atoms with van der Waals surface area (Å²) in [6.07, 6.45) is 2.78. The highest BCUT2D eigenvalue weighted by molar-refractivity contribution is 5.80. The second-order valence-electron chi connectivity index (χ2n) is 7.04. The van der Waals surface area contributed by atoms with E-state index in [9.17, 15) is 4.79 Å². The molecule has 2 aromatic rings. The average molecular weight is 305 g/mol. The summed E-state index contributed by atoms with van der Waals surface area (Å²) in [7, 11) is 0. The molecule has 2 heterocycles. The fraction of sp³-hybridized carbons (Fsp3) is 0.381. The van der Waals surface area contributed by atoms with Crippen LogP contribution in [0.4, 0.5) is 0 Å². The van der Waals surface area contributed by atoms with E-state index in [4.69, 9.17) is 0 Å². The highest BCUT2D eigenvalue weighted by Gasteiger charge is 2.53. The van der Waals surface area contributed by atoms with Gasteiger partial charge < -0.3 is 4.90 Å². The third-order valence-corrected chi connectivity index (χ3v) is 5.91. The van der Waals surface area contributed by atoms with Crippen LogP contribution in [0.1, 0.15) is 43.2 Å². The van der Waals surface area contributed by atoms with Crippen molar-refractivity contribution in [1.82, 2.24) is 4.90 Å². The molecule has 23 heavy (non-hydrogen) atoms. The van der Waals surface area contributed by atoms with E-state index < -0.39 is 0 Å². The Labute approximate surface area is 138 Å². The summed E-state index contributed by atoms with van der Waals surface area (Å²) in [4.78, 5) is 15.1. The smallest absolute Gasteiger partial charge is 0.223 e. The van der Waals surface area contributed by atoms with Gasteiger partial charge >= 0.3 is 0 Å². The van der Waals surface area contributed by atoms with E-state index in [-0.39, 0.29) is 5.54 Å². The lowest BCUT2D eigenvalue weighted by atomic mass is 9.69. The lowest BCUT2D eigenvalue weighted by Crippen LogP contribution is -2.52. The number of fused-ring (bicyclic) bond motifs is 1. The highest BCUT2D eigenvalue weighted by Crippen LogP contribution is 2.53. The Hall–Kier alpha value is -2.09. The molecule has 118 valence electrons. The van der Waals surface area contributed by atoms with Gasteiger partial charge in [-0.15, -0.1) is 0 Å². The third-order valence-electron chi connectivity index (χ3n) is 5.91. The first-order valence-corrected chi connectivity index (χ1v) is 8.63. The van der Waals surface area contributed by atoms with Gasteiger partial charge in [0.1, 0.15) is 0 Å². The number of amides is 1. The molecular weight excluding hydrogens is 282 g/mol. The van der Waals surface area contributed by atoms with Crippen molar-refractivity contribution in [2.45, 2.75) is 37.6 Å². The van der Waals surface area contributed by atoms with Crippen LogP contribution in [0.2, 0.25) is 0 Å². The van der Waals surface area contributed by atoms with Crippen molar-refractivity contribution < 1.29 is 4.79 Å². The van der Waals surface area contributed by atoms with E-state index in [0.29, 0.717) is 24.2 Å². The zero-order chi connectivity index (χ0) is 15.9. The largest absolute Gasteiger partial charge is 0.333 e. The van der Waals surface area contributed by atoms with Gasteiger partial charge in [0.25, 0.3) is 0 Å². The quantitative estimate of drug-likeness (QED) is 0.809. The monoisotopic (exact) mass is 305 g/mol. The normalized spacial score (nSPS) is 30.3. The summed E-state index contributed by atoms with van der Waals surface area (Å²) in [5.41, 5.74) is 2.48. The summed E-state index contributed by atoms with van der Waals surface area (Å²) in [5, 5.41) is 0. The van der Waals surface area contributed by atoms with Gasteiger partial charge in [0.2, 0.25) is 5.91 Å². The van der Waals surface area contributed by atoms with E-state index in [1.54, 1.807) is 0 Å². The Kier molecular flexibility index (Phi) is 3.48. The molecule has 2 fully saturated rings.